The summed E-state index contributed by atoms with van der Waals surface area (Å²) in [7, 11) is 2.07. The molecule has 0 fully saturated rings. The first-order valence-corrected chi connectivity index (χ1v) is 21.5. The molecule has 0 aliphatic carbocycles. The van der Waals surface area contributed by atoms with Crippen molar-refractivity contribution in [2.24, 2.45) is 5.73 Å². The fourth-order valence-electron chi connectivity index (χ4n) is 5.09. The number of primary amides is 1. The summed E-state index contributed by atoms with van der Waals surface area (Å²) in [6, 6.07) is -1.80. The number of hydrogen-bond donors (Lipinski definition) is 13. The number of ether oxygens (including phenoxy) is 1. The van der Waals surface area contributed by atoms with E-state index in [1.807, 2.05) is 0 Å². The van der Waals surface area contributed by atoms with E-state index in [1.54, 1.807) is 31.2 Å². The quantitative estimate of drug-likeness (QED) is 0.0319. The topological polar surface area (TPSA) is 408 Å². The van der Waals surface area contributed by atoms with Crippen molar-refractivity contribution in [3.8, 4) is 0 Å². The number of carbonyl (C=O) groups excluding carboxylic acids is 6. The predicted octanol–water partition coefficient (Wildman–Crippen LogP) is -0.831. The molecule has 0 heterocycles. The van der Waals surface area contributed by atoms with Gasteiger partial charge >= 0.3 is 48.0 Å². The van der Waals surface area contributed by atoms with E-state index in [1.165, 1.54) is 0 Å². The standard InChI is InChI=1S/C36H52N8O17S2/c1-19(40-36(60)44-22(32(54)55)9-10-27(46)47)4-2-3-11-38-35(59)39-17-21-7-5-20(6-8-21)14-26(45)41-23(15-28(48)49)30(52)42-24(16-29(50)51)31(53)43-25(33(56)57)18-63-62-13-12-61-34(37)58/h5-8,19,22-25H,2-4,9-18H2,1H3,(H2,37,58)(H,41,45)(H,42,52)(H,43,53)(H,46,47)(H,48,49)(H,50,51)(H,54,55)(H,56,57)(H2,38,39,59)(H2,40,44,60)/t19-,22+,23-,24-,25+/m1/s1. The van der Waals surface area contributed by atoms with Crippen molar-refractivity contribution in [1.29, 1.82) is 0 Å². The zero-order chi connectivity index (χ0) is 47.5. The van der Waals surface area contributed by atoms with Crippen molar-refractivity contribution in [2.75, 3.05) is 24.7 Å². The van der Waals surface area contributed by atoms with Gasteiger partial charge in [0.25, 0.3) is 0 Å². The minimum absolute atomic E-state index is 0.0636. The van der Waals surface area contributed by atoms with Gasteiger partial charge < -0.3 is 73.2 Å². The predicted molar refractivity (Wildman–Crippen MR) is 222 cm³/mol. The highest BCUT2D eigenvalue weighted by Gasteiger charge is 2.32. The van der Waals surface area contributed by atoms with Crippen molar-refractivity contribution in [3.05, 3.63) is 35.4 Å². The van der Waals surface area contributed by atoms with Gasteiger partial charge in [-0.25, -0.2) is 24.0 Å². The lowest BCUT2D eigenvalue weighted by molar-refractivity contribution is -0.144. The highest BCUT2D eigenvalue weighted by Crippen LogP contribution is 2.22. The molecule has 5 atom stereocenters. The Kier molecular flexibility index (Phi) is 25.7. The minimum Gasteiger partial charge on any atom is -0.481 e. The van der Waals surface area contributed by atoms with E-state index in [2.05, 4.69) is 42.0 Å². The van der Waals surface area contributed by atoms with Crippen molar-refractivity contribution in [2.45, 2.75) is 95.0 Å². The number of amides is 8. The maximum absolute atomic E-state index is 13.1. The Morgan fingerprint density at radius 1 is 0.635 bits per heavy atom. The lowest BCUT2D eigenvalue weighted by Crippen LogP contribution is -2.57. The Labute approximate surface area is 367 Å². The number of nitrogens with two attached hydrogens (primary N) is 1. The molecule has 0 saturated heterocycles. The molecule has 0 radical (unpaired) electrons. The molecule has 1 aromatic rings. The van der Waals surface area contributed by atoms with Crippen molar-refractivity contribution in [3.63, 3.8) is 0 Å². The highest BCUT2D eigenvalue weighted by atomic mass is 33.1. The van der Waals surface area contributed by atoms with E-state index in [4.69, 9.17) is 15.9 Å². The van der Waals surface area contributed by atoms with Crippen LogP contribution in [0.2, 0.25) is 0 Å². The van der Waals surface area contributed by atoms with Gasteiger partial charge in [-0.15, -0.1) is 0 Å². The molecule has 0 saturated carbocycles. The summed E-state index contributed by atoms with van der Waals surface area (Å²) < 4.78 is 4.54. The van der Waals surface area contributed by atoms with Crippen LogP contribution < -0.4 is 43.0 Å². The Morgan fingerprint density at radius 2 is 1.21 bits per heavy atom. The number of benzene rings is 1. The van der Waals surface area contributed by atoms with E-state index in [0.717, 1.165) is 21.6 Å². The Bertz CT molecular complexity index is 1770. The molecule has 0 unspecified atom stereocenters. The van der Waals surface area contributed by atoms with Crippen LogP contribution in [0.5, 0.6) is 0 Å². The van der Waals surface area contributed by atoms with Crippen LogP contribution in [0, 0.1) is 0 Å². The molecular weight excluding hydrogens is 881 g/mol. The number of aliphatic carboxylic acids is 5. The molecule has 350 valence electrons. The number of carboxylic acid groups (broad SMARTS) is 5. The smallest absolute Gasteiger partial charge is 0.404 e. The molecule has 25 nitrogen and oxygen atoms in total. The summed E-state index contributed by atoms with van der Waals surface area (Å²) in [5.74, 6) is -10.4. The van der Waals surface area contributed by atoms with Gasteiger partial charge in [0, 0.05) is 37.1 Å². The number of carbonyl (C=O) groups is 11. The molecule has 0 aliphatic rings. The van der Waals surface area contributed by atoms with Gasteiger partial charge in [-0.05, 0) is 43.7 Å². The average Bonchev–Trinajstić information content (AvgIpc) is 3.18. The third-order valence-corrected chi connectivity index (χ3v) is 10.6. The molecule has 0 spiro atoms. The van der Waals surface area contributed by atoms with Gasteiger partial charge in [-0.1, -0.05) is 45.9 Å². The largest absolute Gasteiger partial charge is 0.481 e. The summed E-state index contributed by atoms with van der Waals surface area (Å²) >= 11 is 0. The number of urea groups is 2. The highest BCUT2D eigenvalue weighted by molar-refractivity contribution is 8.76. The molecule has 1 rings (SSSR count). The lowest BCUT2D eigenvalue weighted by atomic mass is 10.1. The minimum atomic E-state index is -1.86. The molecule has 8 amide bonds. The van der Waals surface area contributed by atoms with Crippen molar-refractivity contribution in [1.82, 2.24) is 37.2 Å². The van der Waals surface area contributed by atoms with Crippen LogP contribution in [0.4, 0.5) is 14.4 Å². The van der Waals surface area contributed by atoms with E-state index in [-0.39, 0.29) is 43.5 Å². The van der Waals surface area contributed by atoms with E-state index in [9.17, 15) is 68.1 Å². The van der Waals surface area contributed by atoms with Crippen LogP contribution >= 0.6 is 21.6 Å². The molecule has 0 aliphatic heterocycles. The lowest BCUT2D eigenvalue weighted by Gasteiger charge is -2.23. The van der Waals surface area contributed by atoms with E-state index >= 15 is 0 Å². The van der Waals surface area contributed by atoms with Crippen LogP contribution in [-0.2, 0) is 56.1 Å². The first kappa shape index (κ1) is 54.5. The van der Waals surface area contributed by atoms with Crippen LogP contribution in [0.15, 0.2) is 24.3 Å². The van der Waals surface area contributed by atoms with Crippen LogP contribution in [0.25, 0.3) is 0 Å². The Balaban J connectivity index is 2.62. The second-order valence-corrected chi connectivity index (χ2v) is 16.1. The van der Waals surface area contributed by atoms with Crippen LogP contribution in [-0.4, -0.2) is 146 Å². The molecule has 0 aromatic heterocycles. The maximum atomic E-state index is 13.1. The van der Waals surface area contributed by atoms with Gasteiger partial charge in [0.1, 0.15) is 30.8 Å². The number of unbranched alkanes of at least 4 members (excludes halogenated alkanes) is 1. The third kappa shape index (κ3) is 25.8. The van der Waals surface area contributed by atoms with Crippen LogP contribution in [0.3, 0.4) is 0 Å². The van der Waals surface area contributed by atoms with Crippen LogP contribution in [0.1, 0.15) is 63.0 Å². The monoisotopic (exact) mass is 932 g/mol. The number of hydrogen-bond acceptors (Lipinski definition) is 14. The summed E-state index contributed by atoms with van der Waals surface area (Å²) in [6.45, 7) is 2.04. The number of nitrogens with one attached hydrogen (secondary N) is 7. The summed E-state index contributed by atoms with van der Waals surface area (Å²) in [5.41, 5.74) is 5.92. The van der Waals surface area contributed by atoms with Crippen molar-refractivity contribution >= 4 is 87.3 Å². The molecule has 63 heavy (non-hydrogen) atoms. The van der Waals surface area contributed by atoms with E-state index in [0.29, 0.717) is 36.9 Å². The fraction of sp³-hybridized carbons (Fsp3) is 0.528. The normalized spacial score (nSPS) is 13.0. The Morgan fingerprint density at radius 3 is 1.76 bits per heavy atom. The summed E-state index contributed by atoms with van der Waals surface area (Å²) in [6.07, 6.45) is -2.36. The molecule has 27 heteroatoms. The number of rotatable bonds is 31. The second-order valence-electron chi connectivity index (χ2n) is 13.5. The van der Waals surface area contributed by atoms with Crippen molar-refractivity contribution < 1.29 is 83.0 Å². The zero-order valence-corrected chi connectivity index (χ0v) is 35.6. The molecule has 14 N–H and O–H groups in total. The van der Waals surface area contributed by atoms with E-state index < -0.39 is 109 Å². The second kappa shape index (κ2) is 29.7. The zero-order valence-electron chi connectivity index (χ0n) is 33.9. The average molecular weight is 933 g/mol. The van der Waals surface area contributed by atoms with Gasteiger partial charge in [0.15, 0.2) is 0 Å². The summed E-state index contributed by atoms with van der Waals surface area (Å²) in [5, 5.41) is 62.8. The Hall–Kier alpha value is -6.51. The first-order chi connectivity index (χ1) is 29.7. The van der Waals surface area contributed by atoms with Gasteiger partial charge in [0.2, 0.25) is 17.7 Å². The van der Waals surface area contributed by atoms with Gasteiger partial charge in [-0.2, -0.15) is 0 Å². The first-order valence-electron chi connectivity index (χ1n) is 19.0. The SMILES string of the molecule is C[C@H](CCCCNC(=O)NCc1ccc(CC(=O)N[C@H](CC(=O)O)C(=O)N[C@H](CC(=O)O)C(=O)N[C@@H](CSSCCOC(N)=O)C(=O)O)cc1)NC(=O)N[C@@H](CCC(=O)O)C(=O)O. The number of carboxylic acids is 5. The molecule has 1 aromatic carbocycles. The fourth-order valence-corrected chi connectivity index (χ4v) is 7.07. The van der Waals surface area contributed by atoms with Gasteiger partial charge in [-0.3, -0.25) is 28.8 Å². The maximum Gasteiger partial charge on any atom is 0.404 e. The third-order valence-electron chi connectivity index (χ3n) is 8.20. The van der Waals surface area contributed by atoms with Gasteiger partial charge in [0.05, 0.1) is 19.3 Å². The summed E-state index contributed by atoms with van der Waals surface area (Å²) in [4.78, 5) is 131. The molecule has 0 bridgehead atoms. The molecular formula is C36H52N8O17S2.